The van der Waals surface area contributed by atoms with Crippen molar-refractivity contribution in [2.75, 3.05) is 25.6 Å². The van der Waals surface area contributed by atoms with Gasteiger partial charge in [0, 0.05) is 10.9 Å². The molecule has 1 aromatic heterocycles. The summed E-state index contributed by atoms with van der Waals surface area (Å²) in [4.78, 5) is 36.7. The van der Waals surface area contributed by atoms with E-state index in [-0.39, 0.29) is 23.7 Å². The molecule has 0 bridgehead atoms. The fraction of sp³-hybridized carbons (Fsp3) is 0.409. The van der Waals surface area contributed by atoms with Crippen molar-refractivity contribution in [2.45, 2.75) is 39.0 Å². The molecule has 0 atom stereocenters. The van der Waals surface area contributed by atoms with E-state index >= 15 is 0 Å². The molecule has 2 aromatic rings. The molecule has 1 aliphatic rings. The van der Waals surface area contributed by atoms with E-state index in [0.717, 1.165) is 54.7 Å². The Labute approximate surface area is 194 Å². The van der Waals surface area contributed by atoms with Gasteiger partial charge in [0.15, 0.2) is 18.1 Å². The Morgan fingerprint density at radius 2 is 2.00 bits per heavy atom. The number of esters is 1. The molecule has 1 N–H and O–H groups in total. The molecule has 0 saturated heterocycles. The number of methoxy groups -OCH3 is 1. The first-order chi connectivity index (χ1) is 15.9. The number of fused-ring (bicyclic) bond motifs is 1. The second-order valence-corrected chi connectivity index (χ2v) is 8.32. The summed E-state index contributed by atoms with van der Waals surface area (Å²) >= 11 is 1.36. The smallest absolute Gasteiger partial charge is 0.345 e. The van der Waals surface area contributed by atoms with Crippen LogP contribution in [0, 0.1) is 21.4 Å². The Morgan fingerprint density at radius 3 is 2.67 bits per heavy atom. The summed E-state index contributed by atoms with van der Waals surface area (Å²) in [6.07, 6.45) is 4.79. The van der Waals surface area contributed by atoms with Crippen LogP contribution in [0.2, 0.25) is 0 Å². The molecule has 0 unspecified atom stereocenters. The van der Waals surface area contributed by atoms with Crippen molar-refractivity contribution in [1.82, 2.24) is 0 Å². The van der Waals surface area contributed by atoms with E-state index in [4.69, 9.17) is 14.2 Å². The Balaban J connectivity index is 1.73. The van der Waals surface area contributed by atoms with Crippen LogP contribution < -0.4 is 14.8 Å². The van der Waals surface area contributed by atoms with E-state index in [1.807, 2.05) is 0 Å². The minimum atomic E-state index is -1.05. The molecule has 33 heavy (non-hydrogen) atoms. The molecular formula is C22H23N3O7S. The van der Waals surface area contributed by atoms with Crippen molar-refractivity contribution >= 4 is 33.9 Å². The lowest BCUT2D eigenvalue weighted by molar-refractivity contribution is -0.385. The number of carbonyl (C=O) groups is 2. The van der Waals surface area contributed by atoms with Crippen LogP contribution in [0.1, 0.15) is 52.5 Å². The SMILES string of the molecule is CCOc1cc([N+](=O)[O-])c(C(=O)OCC(=O)Nc2sc3c(c2C#N)CCCCC3)cc1OC. The fourth-order valence-corrected chi connectivity index (χ4v) is 4.87. The maximum Gasteiger partial charge on any atom is 0.345 e. The summed E-state index contributed by atoms with van der Waals surface area (Å²) in [5.74, 6) is -1.46. The van der Waals surface area contributed by atoms with E-state index in [9.17, 15) is 25.0 Å². The first-order valence-electron chi connectivity index (χ1n) is 10.4. The second-order valence-electron chi connectivity index (χ2n) is 7.22. The lowest BCUT2D eigenvalue weighted by Crippen LogP contribution is -2.21. The van der Waals surface area contributed by atoms with E-state index in [0.29, 0.717) is 10.6 Å². The summed E-state index contributed by atoms with van der Waals surface area (Å²) in [5, 5.41) is 24.1. The van der Waals surface area contributed by atoms with Crippen molar-refractivity contribution in [2.24, 2.45) is 0 Å². The van der Waals surface area contributed by atoms with Crippen LogP contribution in [0.3, 0.4) is 0 Å². The Hall–Kier alpha value is -3.65. The Kier molecular flexibility index (Phi) is 7.84. The summed E-state index contributed by atoms with van der Waals surface area (Å²) in [6, 6.07) is 4.39. The van der Waals surface area contributed by atoms with Crippen LogP contribution >= 0.6 is 11.3 Å². The number of anilines is 1. The fourth-order valence-electron chi connectivity index (χ4n) is 3.61. The van der Waals surface area contributed by atoms with Crippen LogP contribution in [-0.2, 0) is 22.4 Å². The molecule has 10 nitrogen and oxygen atoms in total. The molecule has 174 valence electrons. The van der Waals surface area contributed by atoms with Gasteiger partial charge in [0.25, 0.3) is 11.6 Å². The molecular weight excluding hydrogens is 450 g/mol. The largest absolute Gasteiger partial charge is 0.493 e. The minimum Gasteiger partial charge on any atom is -0.493 e. The van der Waals surface area contributed by atoms with Crippen molar-refractivity contribution < 1.29 is 28.7 Å². The average Bonchev–Trinajstić information content (AvgIpc) is 2.95. The molecule has 0 spiro atoms. The average molecular weight is 474 g/mol. The summed E-state index contributed by atoms with van der Waals surface area (Å²) < 4.78 is 15.5. The van der Waals surface area contributed by atoms with Gasteiger partial charge in [-0.25, -0.2) is 4.79 Å². The van der Waals surface area contributed by atoms with Gasteiger partial charge in [-0.3, -0.25) is 14.9 Å². The van der Waals surface area contributed by atoms with E-state index < -0.39 is 29.1 Å². The maximum absolute atomic E-state index is 12.5. The van der Waals surface area contributed by atoms with Crippen molar-refractivity contribution in [3.63, 3.8) is 0 Å². The third kappa shape index (κ3) is 5.40. The lowest BCUT2D eigenvalue weighted by atomic mass is 10.1. The monoisotopic (exact) mass is 473 g/mol. The van der Waals surface area contributed by atoms with E-state index in [1.54, 1.807) is 6.92 Å². The highest BCUT2D eigenvalue weighted by Gasteiger charge is 2.27. The Bertz CT molecular complexity index is 1120. The lowest BCUT2D eigenvalue weighted by Gasteiger charge is -2.11. The molecule has 11 heteroatoms. The molecule has 1 amide bonds. The zero-order chi connectivity index (χ0) is 24.0. The van der Waals surface area contributed by atoms with E-state index in [2.05, 4.69) is 11.4 Å². The molecule has 0 radical (unpaired) electrons. The number of nitro benzene ring substituents is 1. The van der Waals surface area contributed by atoms with Gasteiger partial charge in [0.1, 0.15) is 16.6 Å². The van der Waals surface area contributed by atoms with Crippen LogP contribution in [0.4, 0.5) is 10.7 Å². The predicted octanol–water partition coefficient (Wildman–Crippen LogP) is 4.00. The molecule has 1 aliphatic carbocycles. The number of carbonyl (C=O) groups excluding carboxylic acids is 2. The number of ether oxygens (including phenoxy) is 3. The van der Waals surface area contributed by atoms with Crippen LogP contribution in [-0.4, -0.2) is 37.1 Å². The molecule has 3 rings (SSSR count). The number of amides is 1. The van der Waals surface area contributed by atoms with E-state index in [1.165, 1.54) is 18.4 Å². The van der Waals surface area contributed by atoms with Gasteiger partial charge in [-0.15, -0.1) is 11.3 Å². The highest BCUT2D eigenvalue weighted by atomic mass is 32.1. The Morgan fingerprint density at radius 1 is 1.24 bits per heavy atom. The van der Waals surface area contributed by atoms with Gasteiger partial charge in [-0.05, 0) is 38.2 Å². The number of nitrogens with one attached hydrogen (secondary N) is 1. The first-order valence-corrected chi connectivity index (χ1v) is 11.2. The number of nitrogens with zero attached hydrogens (tertiary/aromatic N) is 2. The molecule has 1 aromatic carbocycles. The highest BCUT2D eigenvalue weighted by Crippen LogP contribution is 2.37. The predicted molar refractivity (Wildman–Crippen MR) is 120 cm³/mol. The van der Waals surface area contributed by atoms with Gasteiger partial charge in [-0.1, -0.05) is 6.42 Å². The zero-order valence-electron chi connectivity index (χ0n) is 18.3. The van der Waals surface area contributed by atoms with Gasteiger partial charge in [0.2, 0.25) is 0 Å². The molecule has 0 saturated carbocycles. The standard InChI is InChI=1S/C22H23N3O7S/c1-3-31-18-10-16(25(28)29)14(9-17(18)30-2)22(27)32-12-20(26)24-21-15(11-23)13-7-5-4-6-8-19(13)33-21/h9-10H,3-8,12H2,1-2H3,(H,24,26). The van der Waals surface area contributed by atoms with Gasteiger partial charge >= 0.3 is 5.97 Å². The van der Waals surface area contributed by atoms with Crippen molar-refractivity contribution in [3.8, 4) is 17.6 Å². The molecule has 0 aliphatic heterocycles. The second kappa shape index (κ2) is 10.8. The molecule has 0 fully saturated rings. The summed E-state index contributed by atoms with van der Waals surface area (Å²) in [7, 11) is 1.33. The van der Waals surface area contributed by atoms with Crippen molar-refractivity contribution in [1.29, 1.82) is 5.26 Å². The van der Waals surface area contributed by atoms with Crippen LogP contribution in [0.15, 0.2) is 12.1 Å². The van der Waals surface area contributed by atoms with Crippen molar-refractivity contribution in [3.05, 3.63) is 43.8 Å². The van der Waals surface area contributed by atoms with Gasteiger partial charge < -0.3 is 19.5 Å². The van der Waals surface area contributed by atoms with Gasteiger partial charge in [0.05, 0.1) is 30.3 Å². The quantitative estimate of drug-likeness (QED) is 0.262. The zero-order valence-corrected chi connectivity index (χ0v) is 19.1. The summed E-state index contributed by atoms with van der Waals surface area (Å²) in [6.45, 7) is 1.28. The maximum atomic E-state index is 12.5. The number of rotatable bonds is 8. The number of hydrogen-bond donors (Lipinski definition) is 1. The normalized spacial score (nSPS) is 12.6. The number of nitriles is 1. The van der Waals surface area contributed by atoms with Gasteiger partial charge in [-0.2, -0.15) is 5.26 Å². The highest BCUT2D eigenvalue weighted by molar-refractivity contribution is 7.16. The summed E-state index contributed by atoms with van der Waals surface area (Å²) in [5.41, 5.74) is 0.528. The minimum absolute atomic E-state index is 0.113. The first kappa shape index (κ1) is 24.0. The third-order valence-electron chi connectivity index (χ3n) is 5.12. The number of thiophene rings is 1. The number of nitro groups is 1. The molecule has 1 heterocycles. The topological polar surface area (TPSA) is 141 Å². The van der Waals surface area contributed by atoms with Crippen LogP contribution in [0.25, 0.3) is 0 Å². The number of aryl methyl sites for hydroxylation is 1. The third-order valence-corrected chi connectivity index (χ3v) is 6.33. The number of benzene rings is 1. The van der Waals surface area contributed by atoms with Crippen LogP contribution in [0.5, 0.6) is 11.5 Å². The number of hydrogen-bond acceptors (Lipinski definition) is 9.